The van der Waals surface area contributed by atoms with Crippen LogP contribution in [0.1, 0.15) is 12.0 Å². The van der Waals surface area contributed by atoms with Gasteiger partial charge in [0.05, 0.1) is 13.2 Å². The molecule has 0 spiro atoms. The van der Waals surface area contributed by atoms with E-state index in [9.17, 15) is 0 Å². The van der Waals surface area contributed by atoms with Crippen molar-refractivity contribution in [3.63, 3.8) is 0 Å². The summed E-state index contributed by atoms with van der Waals surface area (Å²) in [6.45, 7) is 8.29. The molecule has 6 nitrogen and oxygen atoms in total. The number of hydrogen-bond acceptors (Lipinski definition) is 4. The van der Waals surface area contributed by atoms with Gasteiger partial charge in [-0.2, -0.15) is 0 Å². The lowest BCUT2D eigenvalue weighted by molar-refractivity contribution is 0.0377. The third-order valence-corrected chi connectivity index (χ3v) is 4.11. The number of likely N-dealkylation sites (N-methyl/N-ethyl adjacent to an activating group) is 1. The van der Waals surface area contributed by atoms with E-state index in [-0.39, 0.29) is 0 Å². The Balaban J connectivity index is 1.52. The monoisotopic (exact) mass is 333 g/mol. The Labute approximate surface area is 145 Å². The van der Waals surface area contributed by atoms with Gasteiger partial charge in [0, 0.05) is 45.8 Å². The number of nitrogens with one attached hydrogen (secondary N) is 1. The van der Waals surface area contributed by atoms with E-state index in [1.807, 2.05) is 6.07 Å². The van der Waals surface area contributed by atoms with Gasteiger partial charge in [-0.1, -0.05) is 30.3 Å². The molecule has 0 aromatic heterocycles. The smallest absolute Gasteiger partial charge is 0.188 e. The Kier molecular flexibility index (Phi) is 8.59. The SMILES string of the molecule is CN(CCNC(N)=NCCCN1CCOCC1)Cc1ccccc1. The van der Waals surface area contributed by atoms with Gasteiger partial charge in [-0.25, -0.2) is 0 Å². The first kappa shape index (κ1) is 18.7. The highest BCUT2D eigenvalue weighted by molar-refractivity contribution is 5.77. The number of aliphatic imine (C=N–C) groups is 1. The first-order valence-corrected chi connectivity index (χ1v) is 8.80. The van der Waals surface area contributed by atoms with Crippen LogP contribution in [-0.2, 0) is 11.3 Å². The fourth-order valence-corrected chi connectivity index (χ4v) is 2.72. The van der Waals surface area contributed by atoms with Crippen LogP contribution >= 0.6 is 0 Å². The topological polar surface area (TPSA) is 66.1 Å². The van der Waals surface area contributed by atoms with Crippen molar-refractivity contribution in [2.45, 2.75) is 13.0 Å². The summed E-state index contributed by atoms with van der Waals surface area (Å²) in [6.07, 6.45) is 1.04. The normalized spacial score (nSPS) is 16.5. The molecular formula is C18H31N5O. The van der Waals surface area contributed by atoms with Crippen LogP contribution in [0.5, 0.6) is 0 Å². The number of morpholine rings is 1. The zero-order valence-corrected chi connectivity index (χ0v) is 14.8. The molecule has 1 saturated heterocycles. The summed E-state index contributed by atoms with van der Waals surface area (Å²) >= 11 is 0. The van der Waals surface area contributed by atoms with Crippen LogP contribution in [0.15, 0.2) is 35.3 Å². The zero-order valence-electron chi connectivity index (χ0n) is 14.8. The maximum Gasteiger partial charge on any atom is 0.188 e. The maximum atomic E-state index is 5.92. The number of guanidine groups is 1. The van der Waals surface area contributed by atoms with Crippen molar-refractivity contribution in [2.75, 3.05) is 59.5 Å². The number of hydrogen-bond donors (Lipinski definition) is 2. The highest BCUT2D eigenvalue weighted by atomic mass is 16.5. The molecule has 0 aliphatic carbocycles. The van der Waals surface area contributed by atoms with Crippen molar-refractivity contribution >= 4 is 5.96 Å². The van der Waals surface area contributed by atoms with Gasteiger partial charge in [0.25, 0.3) is 0 Å². The van der Waals surface area contributed by atoms with E-state index in [4.69, 9.17) is 10.5 Å². The molecule has 1 aliphatic heterocycles. The van der Waals surface area contributed by atoms with E-state index >= 15 is 0 Å². The van der Waals surface area contributed by atoms with Gasteiger partial charge in [-0.15, -0.1) is 0 Å². The van der Waals surface area contributed by atoms with Gasteiger partial charge in [-0.3, -0.25) is 9.89 Å². The summed E-state index contributed by atoms with van der Waals surface area (Å²) in [7, 11) is 2.12. The Morgan fingerprint density at radius 3 is 2.79 bits per heavy atom. The molecule has 1 aromatic carbocycles. The van der Waals surface area contributed by atoms with Crippen LogP contribution in [0.2, 0.25) is 0 Å². The van der Waals surface area contributed by atoms with E-state index in [1.165, 1.54) is 5.56 Å². The predicted molar refractivity (Wildman–Crippen MR) is 99.1 cm³/mol. The average molecular weight is 333 g/mol. The molecule has 0 saturated carbocycles. The van der Waals surface area contributed by atoms with Gasteiger partial charge in [0.2, 0.25) is 0 Å². The zero-order chi connectivity index (χ0) is 17.0. The first-order chi connectivity index (χ1) is 11.7. The highest BCUT2D eigenvalue weighted by Gasteiger charge is 2.08. The van der Waals surface area contributed by atoms with Crippen molar-refractivity contribution in [1.29, 1.82) is 0 Å². The molecule has 1 aliphatic rings. The molecule has 1 heterocycles. The molecule has 0 bridgehead atoms. The molecule has 0 radical (unpaired) electrons. The quantitative estimate of drug-likeness (QED) is 0.396. The van der Waals surface area contributed by atoms with Crippen LogP contribution in [0.25, 0.3) is 0 Å². The molecule has 0 amide bonds. The summed E-state index contributed by atoms with van der Waals surface area (Å²) in [5.41, 5.74) is 7.24. The number of nitrogens with zero attached hydrogens (tertiary/aromatic N) is 3. The lowest BCUT2D eigenvalue weighted by Gasteiger charge is -2.26. The van der Waals surface area contributed by atoms with Gasteiger partial charge >= 0.3 is 0 Å². The van der Waals surface area contributed by atoms with Gasteiger partial charge < -0.3 is 20.7 Å². The fourth-order valence-electron chi connectivity index (χ4n) is 2.72. The maximum absolute atomic E-state index is 5.92. The Morgan fingerprint density at radius 1 is 1.29 bits per heavy atom. The molecule has 2 rings (SSSR count). The third-order valence-electron chi connectivity index (χ3n) is 4.11. The van der Waals surface area contributed by atoms with Crippen LogP contribution in [0.4, 0.5) is 0 Å². The lowest BCUT2D eigenvalue weighted by Crippen LogP contribution is -2.38. The Bertz CT molecular complexity index is 474. The number of nitrogens with two attached hydrogens (primary N) is 1. The van der Waals surface area contributed by atoms with Crippen molar-refractivity contribution in [3.05, 3.63) is 35.9 Å². The van der Waals surface area contributed by atoms with Crippen molar-refractivity contribution < 1.29 is 4.74 Å². The second kappa shape index (κ2) is 11.0. The summed E-state index contributed by atoms with van der Waals surface area (Å²) < 4.78 is 5.34. The molecule has 0 unspecified atom stereocenters. The number of benzene rings is 1. The van der Waals surface area contributed by atoms with E-state index in [0.717, 1.165) is 65.4 Å². The highest BCUT2D eigenvalue weighted by Crippen LogP contribution is 2.01. The molecule has 6 heteroatoms. The molecule has 0 atom stereocenters. The first-order valence-electron chi connectivity index (χ1n) is 8.80. The van der Waals surface area contributed by atoms with Crippen LogP contribution in [-0.4, -0.2) is 75.3 Å². The molecule has 1 fully saturated rings. The third kappa shape index (κ3) is 7.77. The number of rotatable bonds is 9. The van der Waals surface area contributed by atoms with Crippen LogP contribution in [0.3, 0.4) is 0 Å². The Morgan fingerprint density at radius 2 is 2.04 bits per heavy atom. The minimum atomic E-state index is 0.546. The number of ether oxygens (including phenoxy) is 1. The van der Waals surface area contributed by atoms with Crippen molar-refractivity contribution in [3.8, 4) is 0 Å². The van der Waals surface area contributed by atoms with E-state index in [2.05, 4.69) is 51.4 Å². The molecule has 134 valence electrons. The van der Waals surface area contributed by atoms with Crippen molar-refractivity contribution in [1.82, 2.24) is 15.1 Å². The average Bonchev–Trinajstić information content (AvgIpc) is 2.60. The summed E-state index contributed by atoms with van der Waals surface area (Å²) in [5, 5.41) is 3.19. The van der Waals surface area contributed by atoms with Crippen molar-refractivity contribution in [2.24, 2.45) is 10.7 Å². The van der Waals surface area contributed by atoms with E-state index in [1.54, 1.807) is 0 Å². The second-order valence-electron chi connectivity index (χ2n) is 6.22. The molecule has 3 N–H and O–H groups in total. The van der Waals surface area contributed by atoms with Gasteiger partial charge in [0.1, 0.15) is 0 Å². The summed E-state index contributed by atoms with van der Waals surface area (Å²) in [4.78, 5) is 9.09. The largest absolute Gasteiger partial charge is 0.379 e. The van der Waals surface area contributed by atoms with Crippen LogP contribution in [0, 0.1) is 0 Å². The molecule has 24 heavy (non-hydrogen) atoms. The minimum absolute atomic E-state index is 0.546. The second-order valence-corrected chi connectivity index (χ2v) is 6.22. The minimum Gasteiger partial charge on any atom is -0.379 e. The van der Waals surface area contributed by atoms with E-state index < -0.39 is 0 Å². The predicted octanol–water partition coefficient (Wildman–Crippen LogP) is 0.745. The van der Waals surface area contributed by atoms with Gasteiger partial charge in [0.15, 0.2) is 5.96 Å². The molecular weight excluding hydrogens is 302 g/mol. The lowest BCUT2D eigenvalue weighted by atomic mass is 10.2. The van der Waals surface area contributed by atoms with Gasteiger partial charge in [-0.05, 0) is 19.0 Å². The summed E-state index contributed by atoms with van der Waals surface area (Å²) in [5.74, 6) is 0.546. The van der Waals surface area contributed by atoms with E-state index in [0.29, 0.717) is 5.96 Å². The van der Waals surface area contributed by atoms with Crippen LogP contribution < -0.4 is 11.1 Å². The standard InChI is InChI=1S/C18H31N5O/c1-22(16-17-6-3-2-4-7-17)11-9-21-18(19)20-8-5-10-23-12-14-24-15-13-23/h2-4,6-7H,5,8-16H2,1H3,(H3,19,20,21). The Hall–Kier alpha value is -1.63. The molecule has 1 aromatic rings. The fraction of sp³-hybridized carbons (Fsp3) is 0.611. The summed E-state index contributed by atoms with van der Waals surface area (Å²) in [6, 6.07) is 10.5.